The topological polar surface area (TPSA) is 61.8 Å². The molecule has 0 aliphatic heterocycles. The second kappa shape index (κ2) is 13.0. The number of hydrogen-bond acceptors (Lipinski definition) is 5. The molecule has 2 aromatic carbocycles. The Hall–Kier alpha value is -3.70. The Morgan fingerprint density at radius 3 is 2.22 bits per heavy atom. The number of carbonyl (C=O) groups is 2. The molecular formula is C32H36O5. The highest BCUT2D eigenvalue weighted by Gasteiger charge is 2.36. The summed E-state index contributed by atoms with van der Waals surface area (Å²) >= 11 is 0. The highest BCUT2D eigenvalue weighted by molar-refractivity contribution is 6.08. The van der Waals surface area contributed by atoms with Gasteiger partial charge in [-0.3, -0.25) is 4.79 Å². The van der Waals surface area contributed by atoms with Crippen LogP contribution in [0.2, 0.25) is 0 Å². The van der Waals surface area contributed by atoms with Crippen LogP contribution in [-0.4, -0.2) is 31.1 Å². The summed E-state index contributed by atoms with van der Waals surface area (Å²) in [6, 6.07) is 19.0. The molecule has 2 aromatic rings. The average Bonchev–Trinajstić information content (AvgIpc) is 3.21. The number of allylic oxidation sites excluding steroid dienone is 3. The van der Waals surface area contributed by atoms with Crippen LogP contribution in [-0.2, 0) is 25.6 Å². The maximum atomic E-state index is 13.2. The van der Waals surface area contributed by atoms with E-state index in [-0.39, 0.29) is 24.1 Å². The standard InChI is InChI=1S/C32H36O5/c1-6-29(37-22-23-15-11-9-12-16-23)32(4,5)21-25-19-28(35-7-2)30(31(34)36-8-3)26(25)20-27(33)24-17-13-10-14-18-24/h6,9-20,29H,1,7-8,21-22H2,2-5H3/b26-20-/t29-/m0/s1. The van der Waals surface area contributed by atoms with E-state index in [4.69, 9.17) is 14.2 Å². The fourth-order valence-corrected chi connectivity index (χ4v) is 4.38. The van der Waals surface area contributed by atoms with Crippen LogP contribution in [0.25, 0.3) is 0 Å². The normalized spacial score (nSPS) is 15.4. The van der Waals surface area contributed by atoms with Gasteiger partial charge in [0.1, 0.15) is 11.3 Å². The predicted octanol–water partition coefficient (Wildman–Crippen LogP) is 6.78. The van der Waals surface area contributed by atoms with Gasteiger partial charge in [0.2, 0.25) is 0 Å². The van der Waals surface area contributed by atoms with E-state index in [2.05, 4.69) is 20.4 Å². The van der Waals surface area contributed by atoms with Gasteiger partial charge >= 0.3 is 5.97 Å². The molecule has 0 N–H and O–H groups in total. The van der Waals surface area contributed by atoms with Crippen molar-refractivity contribution in [3.05, 3.63) is 119 Å². The minimum Gasteiger partial charge on any atom is -0.493 e. The van der Waals surface area contributed by atoms with Gasteiger partial charge in [0.05, 0.1) is 25.9 Å². The molecule has 37 heavy (non-hydrogen) atoms. The van der Waals surface area contributed by atoms with Gasteiger partial charge in [0.25, 0.3) is 0 Å². The second-order valence-corrected chi connectivity index (χ2v) is 9.47. The molecule has 0 fully saturated rings. The summed E-state index contributed by atoms with van der Waals surface area (Å²) in [5.74, 6) is -0.290. The zero-order chi connectivity index (χ0) is 26.8. The molecule has 0 unspecified atom stereocenters. The first-order valence-corrected chi connectivity index (χ1v) is 12.6. The Bertz CT molecular complexity index is 1190. The van der Waals surface area contributed by atoms with Gasteiger partial charge < -0.3 is 14.2 Å². The Balaban J connectivity index is 1.95. The van der Waals surface area contributed by atoms with E-state index < -0.39 is 11.4 Å². The van der Waals surface area contributed by atoms with Crippen molar-refractivity contribution in [1.82, 2.24) is 0 Å². The fourth-order valence-electron chi connectivity index (χ4n) is 4.38. The molecule has 0 aromatic heterocycles. The maximum Gasteiger partial charge on any atom is 0.342 e. The zero-order valence-electron chi connectivity index (χ0n) is 22.2. The molecular weight excluding hydrogens is 464 g/mol. The Kier molecular flexibility index (Phi) is 9.81. The van der Waals surface area contributed by atoms with E-state index in [1.165, 1.54) is 6.08 Å². The molecule has 194 valence electrons. The highest BCUT2D eigenvalue weighted by Crippen LogP contribution is 2.42. The van der Waals surface area contributed by atoms with Crippen molar-refractivity contribution in [2.24, 2.45) is 5.41 Å². The van der Waals surface area contributed by atoms with Gasteiger partial charge in [-0.05, 0) is 54.5 Å². The number of ketones is 1. The molecule has 1 aliphatic rings. The van der Waals surface area contributed by atoms with Gasteiger partial charge in [0.15, 0.2) is 5.78 Å². The van der Waals surface area contributed by atoms with E-state index in [1.54, 1.807) is 25.1 Å². The monoisotopic (exact) mass is 500 g/mol. The lowest BCUT2D eigenvalue weighted by Crippen LogP contribution is -2.31. The number of ether oxygens (including phenoxy) is 3. The lowest BCUT2D eigenvalue weighted by Gasteiger charge is -2.33. The minimum atomic E-state index is -0.511. The molecule has 0 amide bonds. The molecule has 5 nitrogen and oxygen atoms in total. The summed E-state index contributed by atoms with van der Waals surface area (Å²) in [6.45, 7) is 12.8. The van der Waals surface area contributed by atoms with Crippen molar-refractivity contribution in [3.63, 3.8) is 0 Å². The van der Waals surface area contributed by atoms with Gasteiger partial charge in [0, 0.05) is 5.56 Å². The third-order valence-electron chi connectivity index (χ3n) is 6.18. The van der Waals surface area contributed by atoms with Crippen LogP contribution >= 0.6 is 0 Å². The first-order chi connectivity index (χ1) is 17.8. The summed E-state index contributed by atoms with van der Waals surface area (Å²) in [5, 5.41) is 0. The van der Waals surface area contributed by atoms with E-state index in [1.807, 2.05) is 61.5 Å². The van der Waals surface area contributed by atoms with Crippen LogP contribution in [0.3, 0.4) is 0 Å². The quantitative estimate of drug-likeness (QED) is 0.131. The first kappa shape index (κ1) is 27.9. The number of rotatable bonds is 13. The summed E-state index contributed by atoms with van der Waals surface area (Å²) in [4.78, 5) is 26.2. The van der Waals surface area contributed by atoms with Crippen LogP contribution in [0.1, 0.15) is 50.0 Å². The number of esters is 1. The van der Waals surface area contributed by atoms with Crippen molar-refractivity contribution in [2.45, 2.75) is 46.8 Å². The average molecular weight is 501 g/mol. The molecule has 5 heteroatoms. The lowest BCUT2D eigenvalue weighted by molar-refractivity contribution is -0.138. The van der Waals surface area contributed by atoms with E-state index in [0.29, 0.717) is 36.5 Å². The first-order valence-electron chi connectivity index (χ1n) is 12.6. The minimum absolute atomic E-state index is 0.195. The summed E-state index contributed by atoms with van der Waals surface area (Å²) in [6.07, 6.45) is 5.41. The van der Waals surface area contributed by atoms with E-state index in [9.17, 15) is 9.59 Å². The molecule has 1 aliphatic carbocycles. The van der Waals surface area contributed by atoms with Crippen molar-refractivity contribution in [2.75, 3.05) is 13.2 Å². The number of carbonyl (C=O) groups excluding carboxylic acids is 2. The predicted molar refractivity (Wildman–Crippen MR) is 146 cm³/mol. The van der Waals surface area contributed by atoms with Crippen LogP contribution in [0, 0.1) is 5.41 Å². The van der Waals surface area contributed by atoms with E-state index in [0.717, 1.165) is 11.1 Å². The Labute approximate surface area is 220 Å². The van der Waals surface area contributed by atoms with Gasteiger partial charge in [-0.1, -0.05) is 80.6 Å². The van der Waals surface area contributed by atoms with Crippen molar-refractivity contribution < 1.29 is 23.8 Å². The SMILES string of the molecule is C=C[C@H](OCc1ccccc1)C(C)(C)CC1=CC(OCC)=C(C(=O)OCC)/C1=C\C(=O)c1ccccc1. The van der Waals surface area contributed by atoms with Crippen LogP contribution in [0.4, 0.5) is 0 Å². The van der Waals surface area contributed by atoms with Crippen LogP contribution < -0.4 is 0 Å². The highest BCUT2D eigenvalue weighted by atomic mass is 16.5. The smallest absolute Gasteiger partial charge is 0.342 e. The van der Waals surface area contributed by atoms with Crippen molar-refractivity contribution in [1.29, 1.82) is 0 Å². The fraction of sp³-hybridized carbons (Fsp3) is 0.312. The molecule has 0 radical (unpaired) electrons. The summed E-state index contributed by atoms with van der Waals surface area (Å²) in [5.41, 5.74) is 2.82. The third-order valence-corrected chi connectivity index (χ3v) is 6.18. The van der Waals surface area contributed by atoms with Gasteiger partial charge in [-0.25, -0.2) is 4.79 Å². The molecule has 0 bridgehead atoms. The van der Waals surface area contributed by atoms with Crippen molar-refractivity contribution >= 4 is 11.8 Å². The third kappa shape index (κ3) is 7.17. The van der Waals surface area contributed by atoms with Crippen LogP contribution in [0.15, 0.2) is 108 Å². The molecule has 0 spiro atoms. The lowest BCUT2D eigenvalue weighted by atomic mass is 9.78. The molecule has 0 saturated carbocycles. The Morgan fingerprint density at radius 2 is 1.62 bits per heavy atom. The molecule has 0 heterocycles. The van der Waals surface area contributed by atoms with E-state index >= 15 is 0 Å². The zero-order valence-corrected chi connectivity index (χ0v) is 22.2. The summed E-state index contributed by atoms with van der Waals surface area (Å²) in [7, 11) is 0. The maximum absolute atomic E-state index is 13.2. The summed E-state index contributed by atoms with van der Waals surface area (Å²) < 4.78 is 17.4. The molecule has 1 atom stereocenters. The van der Waals surface area contributed by atoms with Gasteiger partial charge in [-0.15, -0.1) is 6.58 Å². The molecule has 3 rings (SSSR count). The van der Waals surface area contributed by atoms with Gasteiger partial charge in [-0.2, -0.15) is 0 Å². The number of benzene rings is 2. The second-order valence-electron chi connectivity index (χ2n) is 9.47. The molecule has 0 saturated heterocycles. The number of hydrogen-bond donors (Lipinski definition) is 0. The van der Waals surface area contributed by atoms with Crippen molar-refractivity contribution in [3.8, 4) is 0 Å². The Morgan fingerprint density at radius 1 is 0.973 bits per heavy atom. The van der Waals surface area contributed by atoms with Crippen LogP contribution in [0.5, 0.6) is 0 Å². The largest absolute Gasteiger partial charge is 0.493 e.